The van der Waals surface area contributed by atoms with Gasteiger partial charge in [0.25, 0.3) is 5.91 Å². The number of carboxylic acid groups (broad SMARTS) is 1. The van der Waals surface area contributed by atoms with Crippen LogP contribution in [0.2, 0.25) is 0 Å². The largest absolute Gasteiger partial charge is 0.465 e. The third kappa shape index (κ3) is 3.52. The van der Waals surface area contributed by atoms with E-state index < -0.39 is 30.4 Å². The molecule has 0 saturated carbocycles. The highest BCUT2D eigenvalue weighted by Gasteiger charge is 2.51. The lowest BCUT2D eigenvalue weighted by atomic mass is 9.97. The van der Waals surface area contributed by atoms with Crippen LogP contribution < -0.4 is 0 Å². The molecule has 6 heteroatoms. The molecule has 2 amide bonds. The van der Waals surface area contributed by atoms with Gasteiger partial charge in [-0.2, -0.15) is 0 Å². The molecule has 1 aromatic carbocycles. The Morgan fingerprint density at radius 3 is 2.68 bits per heavy atom. The molecule has 1 aliphatic heterocycles. The molecule has 3 unspecified atom stereocenters. The van der Waals surface area contributed by atoms with Gasteiger partial charge in [-0.25, -0.2) is 9.69 Å². The maximum absolute atomic E-state index is 11.9. The van der Waals surface area contributed by atoms with Crippen molar-refractivity contribution in [1.29, 1.82) is 0 Å². The molecule has 22 heavy (non-hydrogen) atoms. The van der Waals surface area contributed by atoms with Crippen LogP contribution in [0.1, 0.15) is 19.4 Å². The number of likely N-dealkylation sites (tertiary alicyclic amines) is 1. The fourth-order valence-electron chi connectivity index (χ4n) is 2.29. The van der Waals surface area contributed by atoms with E-state index in [2.05, 4.69) is 0 Å². The average molecular weight is 305 g/mol. The topological polar surface area (TPSA) is 76.1 Å². The van der Waals surface area contributed by atoms with E-state index in [1.165, 1.54) is 0 Å². The highest BCUT2D eigenvalue weighted by molar-refractivity contribution is 6.01. The molecular formula is C16H19NO5. The summed E-state index contributed by atoms with van der Waals surface area (Å²) in [5.74, 6) is -0.568. The van der Waals surface area contributed by atoms with E-state index in [1.807, 2.05) is 37.3 Å². The van der Waals surface area contributed by atoms with Crippen molar-refractivity contribution in [2.24, 2.45) is 0 Å². The van der Waals surface area contributed by atoms with Gasteiger partial charge >= 0.3 is 6.09 Å². The second kappa shape index (κ2) is 7.20. The van der Waals surface area contributed by atoms with Crippen molar-refractivity contribution in [1.82, 2.24) is 4.90 Å². The van der Waals surface area contributed by atoms with Gasteiger partial charge in [0.1, 0.15) is 0 Å². The van der Waals surface area contributed by atoms with Crippen molar-refractivity contribution < 1.29 is 24.2 Å². The number of carbonyl (C=O) groups excluding carboxylic acids is 1. The van der Waals surface area contributed by atoms with Crippen LogP contribution in [0.5, 0.6) is 0 Å². The summed E-state index contributed by atoms with van der Waals surface area (Å²) in [6.45, 7) is 3.95. The second-order valence-corrected chi connectivity index (χ2v) is 4.83. The number of nitrogens with zero attached hydrogens (tertiary/aromatic N) is 1. The molecule has 0 spiro atoms. The molecule has 2 rings (SSSR count). The molecule has 118 valence electrons. The van der Waals surface area contributed by atoms with Crippen LogP contribution in [0.4, 0.5) is 4.79 Å². The summed E-state index contributed by atoms with van der Waals surface area (Å²) < 4.78 is 10.7. The van der Waals surface area contributed by atoms with Gasteiger partial charge in [-0.05, 0) is 19.4 Å². The van der Waals surface area contributed by atoms with Gasteiger partial charge in [-0.15, -0.1) is 0 Å². The summed E-state index contributed by atoms with van der Waals surface area (Å²) in [6.07, 6.45) is 0.750. The van der Waals surface area contributed by atoms with Gasteiger partial charge in [0, 0.05) is 6.61 Å². The first kappa shape index (κ1) is 16.2. The molecule has 3 atom stereocenters. The molecule has 1 fully saturated rings. The predicted octanol–water partition coefficient (Wildman–Crippen LogP) is 2.36. The lowest BCUT2D eigenvalue weighted by molar-refractivity contribution is -0.204. The summed E-state index contributed by atoms with van der Waals surface area (Å²) >= 11 is 0. The monoisotopic (exact) mass is 305 g/mol. The Kier molecular flexibility index (Phi) is 5.30. The zero-order valence-electron chi connectivity index (χ0n) is 12.5. The van der Waals surface area contributed by atoms with E-state index in [0.29, 0.717) is 6.61 Å². The normalized spacial score (nSPS) is 22.6. The lowest BCUT2D eigenvalue weighted by Crippen LogP contribution is -2.67. The summed E-state index contributed by atoms with van der Waals surface area (Å²) in [5.41, 5.74) is 0.920. The quantitative estimate of drug-likeness (QED) is 0.645. The first-order valence-corrected chi connectivity index (χ1v) is 7.11. The number of hydrogen-bond donors (Lipinski definition) is 1. The molecule has 1 aliphatic rings. The molecule has 0 radical (unpaired) electrons. The maximum Gasteiger partial charge on any atom is 0.414 e. The number of hydrogen-bond acceptors (Lipinski definition) is 4. The molecule has 1 saturated heterocycles. The first-order valence-electron chi connectivity index (χ1n) is 7.11. The minimum Gasteiger partial charge on any atom is -0.465 e. The van der Waals surface area contributed by atoms with Gasteiger partial charge in [0.05, 0.1) is 6.04 Å². The lowest BCUT2D eigenvalue weighted by Gasteiger charge is -2.42. The van der Waals surface area contributed by atoms with Crippen molar-refractivity contribution in [3.8, 4) is 0 Å². The Bertz CT molecular complexity index is 557. The first-order chi connectivity index (χ1) is 10.5. The molecule has 1 aromatic rings. The number of carbonyl (C=O) groups is 2. The minimum atomic E-state index is -1.28. The molecule has 0 bridgehead atoms. The molecular weight excluding hydrogens is 286 g/mol. The summed E-state index contributed by atoms with van der Waals surface area (Å²) in [4.78, 5) is 23.8. The van der Waals surface area contributed by atoms with Crippen LogP contribution in [0.15, 0.2) is 36.4 Å². The van der Waals surface area contributed by atoms with Gasteiger partial charge in [0.2, 0.25) is 0 Å². The Hall–Kier alpha value is -2.18. The predicted molar refractivity (Wildman–Crippen MR) is 80.1 cm³/mol. The van der Waals surface area contributed by atoms with Crippen LogP contribution in [0.25, 0.3) is 6.08 Å². The Balaban J connectivity index is 2.10. The Morgan fingerprint density at radius 1 is 1.41 bits per heavy atom. The molecule has 0 aliphatic carbocycles. The van der Waals surface area contributed by atoms with E-state index in [4.69, 9.17) is 14.6 Å². The maximum atomic E-state index is 11.9. The van der Waals surface area contributed by atoms with Crippen LogP contribution in [-0.2, 0) is 14.3 Å². The van der Waals surface area contributed by atoms with E-state index in [-0.39, 0.29) is 0 Å². The SMILES string of the molecule is CCOC(C)OC1C(=O)N(C(=O)O)C1/C=C/c1ccccc1. The number of rotatable bonds is 6. The van der Waals surface area contributed by atoms with Crippen LogP contribution in [0, 0.1) is 0 Å². The fourth-order valence-corrected chi connectivity index (χ4v) is 2.29. The Morgan fingerprint density at radius 2 is 2.09 bits per heavy atom. The van der Waals surface area contributed by atoms with Crippen LogP contribution in [0.3, 0.4) is 0 Å². The zero-order chi connectivity index (χ0) is 16.1. The zero-order valence-corrected chi connectivity index (χ0v) is 12.5. The third-order valence-corrected chi connectivity index (χ3v) is 3.32. The van der Waals surface area contributed by atoms with Gasteiger partial charge < -0.3 is 14.6 Å². The van der Waals surface area contributed by atoms with E-state index in [9.17, 15) is 9.59 Å². The van der Waals surface area contributed by atoms with E-state index in [1.54, 1.807) is 19.1 Å². The molecule has 1 heterocycles. The molecule has 1 N–H and O–H groups in total. The molecule has 0 aromatic heterocycles. The van der Waals surface area contributed by atoms with Gasteiger partial charge in [-0.1, -0.05) is 42.5 Å². The summed E-state index contributed by atoms with van der Waals surface area (Å²) in [5, 5.41) is 9.11. The number of imide groups is 1. The summed E-state index contributed by atoms with van der Waals surface area (Å²) in [6, 6.07) is 8.79. The van der Waals surface area contributed by atoms with E-state index >= 15 is 0 Å². The number of amides is 2. The van der Waals surface area contributed by atoms with Crippen molar-refractivity contribution in [2.45, 2.75) is 32.3 Å². The second-order valence-electron chi connectivity index (χ2n) is 4.83. The van der Waals surface area contributed by atoms with E-state index in [0.717, 1.165) is 10.5 Å². The minimum absolute atomic E-state index is 0.454. The smallest absolute Gasteiger partial charge is 0.414 e. The van der Waals surface area contributed by atoms with Gasteiger partial charge in [0.15, 0.2) is 12.4 Å². The van der Waals surface area contributed by atoms with Crippen molar-refractivity contribution in [3.63, 3.8) is 0 Å². The summed E-state index contributed by atoms with van der Waals surface area (Å²) in [7, 11) is 0. The Labute approximate surface area is 128 Å². The van der Waals surface area contributed by atoms with Crippen LogP contribution >= 0.6 is 0 Å². The highest BCUT2D eigenvalue weighted by atomic mass is 16.7. The number of ether oxygens (including phenoxy) is 2. The third-order valence-electron chi connectivity index (χ3n) is 3.32. The van der Waals surface area contributed by atoms with Crippen molar-refractivity contribution >= 4 is 18.1 Å². The number of β-lactam (4-membered cyclic amide) rings is 1. The van der Waals surface area contributed by atoms with Crippen molar-refractivity contribution in [3.05, 3.63) is 42.0 Å². The fraction of sp³-hybridized carbons (Fsp3) is 0.375. The van der Waals surface area contributed by atoms with Gasteiger partial charge in [-0.3, -0.25) is 4.79 Å². The molecule has 6 nitrogen and oxygen atoms in total. The average Bonchev–Trinajstić information content (AvgIpc) is 2.49. The highest BCUT2D eigenvalue weighted by Crippen LogP contribution is 2.26. The van der Waals surface area contributed by atoms with Crippen LogP contribution in [-0.4, -0.2) is 47.0 Å². The van der Waals surface area contributed by atoms with Crippen molar-refractivity contribution in [2.75, 3.05) is 6.61 Å². The standard InChI is InChI=1S/C16H19NO5/c1-3-21-11(2)22-14-13(17(15(14)18)16(19)20)10-9-12-7-5-4-6-8-12/h4-11,13-14H,3H2,1-2H3,(H,19,20)/b10-9+. The number of benzene rings is 1.